The summed E-state index contributed by atoms with van der Waals surface area (Å²) in [7, 11) is 0. The summed E-state index contributed by atoms with van der Waals surface area (Å²) in [5.74, 6) is -0.127. The zero-order valence-corrected chi connectivity index (χ0v) is 17.9. The number of carbonyl (C=O) groups excluding carboxylic acids is 2. The van der Waals surface area contributed by atoms with Gasteiger partial charge in [-0.15, -0.1) is 13.2 Å². The van der Waals surface area contributed by atoms with Gasteiger partial charge in [0, 0.05) is 6.20 Å². The molecule has 1 aromatic heterocycles. The summed E-state index contributed by atoms with van der Waals surface area (Å²) in [6.45, 7) is 2.63. The minimum Gasteiger partial charge on any atom is -0.406 e. The highest BCUT2D eigenvalue weighted by atomic mass is 19.4. The van der Waals surface area contributed by atoms with E-state index in [0.717, 1.165) is 30.5 Å². The van der Waals surface area contributed by atoms with E-state index in [-0.39, 0.29) is 18.3 Å². The molecule has 1 fully saturated rings. The van der Waals surface area contributed by atoms with Gasteiger partial charge in [-0.1, -0.05) is 12.1 Å². The molecule has 1 atom stereocenters. The van der Waals surface area contributed by atoms with Crippen molar-refractivity contribution in [2.45, 2.75) is 50.6 Å². The first-order chi connectivity index (χ1) is 15.4. The Bertz CT molecular complexity index is 1060. The van der Waals surface area contributed by atoms with Crippen LogP contribution in [-0.2, 0) is 4.79 Å². The zero-order chi connectivity index (χ0) is 24.0. The smallest absolute Gasteiger partial charge is 0.406 e. The lowest BCUT2D eigenvalue weighted by Crippen LogP contribution is -2.51. The number of hydrogen-bond donors (Lipinski definition) is 3. The van der Waals surface area contributed by atoms with E-state index in [1.54, 1.807) is 6.20 Å². The number of aliphatic hydroxyl groups is 1. The molecule has 3 N–H and O–H groups in total. The molecule has 0 radical (unpaired) electrons. The fourth-order valence-electron chi connectivity index (χ4n) is 3.73. The van der Waals surface area contributed by atoms with Gasteiger partial charge in [0.15, 0.2) is 5.82 Å². The van der Waals surface area contributed by atoms with E-state index >= 15 is 0 Å². The Labute approximate surface area is 187 Å². The largest absolute Gasteiger partial charge is 0.573 e. The molecule has 0 unspecified atom stereocenters. The Morgan fingerprint density at radius 2 is 1.94 bits per heavy atom. The predicted molar refractivity (Wildman–Crippen MR) is 113 cm³/mol. The number of pyridine rings is 1. The Kier molecular flexibility index (Phi) is 5.69. The van der Waals surface area contributed by atoms with Crippen molar-refractivity contribution in [1.29, 1.82) is 0 Å². The number of urea groups is 1. The maximum absolute atomic E-state index is 13.1. The molecule has 1 aliphatic carbocycles. The molecule has 0 spiro atoms. The topological polar surface area (TPSA) is 104 Å². The number of hydrogen-bond acceptors (Lipinski definition) is 5. The molecule has 1 saturated carbocycles. The summed E-state index contributed by atoms with van der Waals surface area (Å²) in [4.78, 5) is 30.9. The number of ether oxygens (including phenoxy) is 1. The molecule has 1 aromatic carbocycles. The number of anilines is 2. The predicted octanol–water partition coefficient (Wildman–Crippen LogP) is 3.84. The summed E-state index contributed by atoms with van der Waals surface area (Å²) in [5, 5.41) is 16.1. The lowest BCUT2D eigenvalue weighted by molar-refractivity contribution is -0.274. The van der Waals surface area contributed by atoms with E-state index in [4.69, 9.17) is 0 Å². The van der Waals surface area contributed by atoms with Crippen LogP contribution in [0.5, 0.6) is 5.75 Å². The highest BCUT2D eigenvalue weighted by Gasteiger charge is 2.36. The fraction of sp³-hybridized carbons (Fsp3) is 0.409. The van der Waals surface area contributed by atoms with Gasteiger partial charge in [0.25, 0.3) is 0 Å². The second-order valence-electron chi connectivity index (χ2n) is 8.70. The summed E-state index contributed by atoms with van der Waals surface area (Å²) >= 11 is 0. The number of amides is 3. The van der Waals surface area contributed by atoms with Crippen LogP contribution in [0.4, 0.5) is 29.5 Å². The van der Waals surface area contributed by atoms with Crippen LogP contribution in [0.15, 0.2) is 36.5 Å². The number of carbonyl (C=O) groups is 2. The summed E-state index contributed by atoms with van der Waals surface area (Å²) < 4.78 is 41.2. The van der Waals surface area contributed by atoms with Crippen LogP contribution in [-0.4, -0.2) is 40.5 Å². The quantitative estimate of drug-likeness (QED) is 0.624. The Morgan fingerprint density at radius 3 is 2.52 bits per heavy atom. The van der Waals surface area contributed by atoms with E-state index in [1.807, 2.05) is 6.07 Å². The average Bonchev–Trinajstić information content (AvgIpc) is 3.55. The first kappa shape index (κ1) is 22.8. The SMILES string of the molecule is CC(C)(O)[C@@H](NC(=O)N1CC(=O)Nc2cc(C3CC3)cnc21)c1ccc(OC(F)(F)F)cc1. The molecular weight excluding hydrogens is 441 g/mol. The Hall–Kier alpha value is -3.34. The molecule has 2 aromatic rings. The highest BCUT2D eigenvalue weighted by Crippen LogP contribution is 2.42. The fourth-order valence-corrected chi connectivity index (χ4v) is 3.73. The van der Waals surface area contributed by atoms with E-state index in [9.17, 15) is 27.9 Å². The van der Waals surface area contributed by atoms with Crippen LogP contribution in [0.3, 0.4) is 0 Å². The Morgan fingerprint density at radius 1 is 1.27 bits per heavy atom. The molecule has 4 rings (SSSR count). The molecule has 2 aliphatic rings. The van der Waals surface area contributed by atoms with E-state index in [1.165, 1.54) is 30.9 Å². The monoisotopic (exact) mass is 464 g/mol. The third-order valence-corrected chi connectivity index (χ3v) is 5.43. The maximum Gasteiger partial charge on any atom is 0.573 e. The van der Waals surface area contributed by atoms with Gasteiger partial charge >= 0.3 is 12.4 Å². The van der Waals surface area contributed by atoms with Gasteiger partial charge in [-0.2, -0.15) is 0 Å². The third-order valence-electron chi connectivity index (χ3n) is 5.43. The number of rotatable bonds is 5. The van der Waals surface area contributed by atoms with Gasteiger partial charge in [0.1, 0.15) is 12.3 Å². The first-order valence-electron chi connectivity index (χ1n) is 10.4. The molecule has 2 heterocycles. The van der Waals surface area contributed by atoms with E-state index in [2.05, 4.69) is 20.4 Å². The van der Waals surface area contributed by atoms with E-state index in [0.29, 0.717) is 17.2 Å². The lowest BCUT2D eigenvalue weighted by atomic mass is 9.92. The Balaban J connectivity index is 1.56. The minimum atomic E-state index is -4.83. The van der Waals surface area contributed by atoms with Gasteiger partial charge in [0.2, 0.25) is 5.91 Å². The maximum atomic E-state index is 13.1. The van der Waals surface area contributed by atoms with Crippen molar-refractivity contribution in [2.75, 3.05) is 16.8 Å². The van der Waals surface area contributed by atoms with Crippen molar-refractivity contribution >= 4 is 23.4 Å². The number of halogens is 3. The number of fused-ring (bicyclic) bond motifs is 1. The molecule has 3 amide bonds. The zero-order valence-electron chi connectivity index (χ0n) is 17.9. The normalized spacial score (nSPS) is 17.2. The average molecular weight is 464 g/mol. The van der Waals surface area contributed by atoms with Crippen molar-refractivity contribution in [3.8, 4) is 5.75 Å². The van der Waals surface area contributed by atoms with Crippen LogP contribution in [0.1, 0.15) is 49.8 Å². The van der Waals surface area contributed by atoms with Crippen LogP contribution >= 0.6 is 0 Å². The molecule has 176 valence electrons. The van der Waals surface area contributed by atoms with Crippen LogP contribution < -0.4 is 20.3 Å². The molecule has 0 bridgehead atoms. The van der Waals surface area contributed by atoms with Crippen LogP contribution in [0.2, 0.25) is 0 Å². The van der Waals surface area contributed by atoms with Crippen molar-refractivity contribution in [3.05, 3.63) is 47.7 Å². The standard InChI is InChI=1S/C22H23F3N4O4/c1-21(2,32)18(13-5-7-15(8-6-13)33-22(23,24)25)28-20(31)29-11-17(30)27-16-9-14(12-3-4-12)10-26-19(16)29/h5-10,12,18,32H,3-4,11H2,1-2H3,(H,27,30)(H,28,31)/t18-/m0/s1. The lowest BCUT2D eigenvalue weighted by Gasteiger charge is -2.34. The molecular formula is C22H23F3N4O4. The molecule has 8 nitrogen and oxygen atoms in total. The van der Waals surface area contributed by atoms with Gasteiger partial charge in [-0.05, 0) is 61.9 Å². The number of aromatic nitrogens is 1. The number of nitrogens with zero attached hydrogens (tertiary/aromatic N) is 2. The summed E-state index contributed by atoms with van der Waals surface area (Å²) in [6.07, 6.45) is -1.04. The van der Waals surface area contributed by atoms with Crippen molar-refractivity contribution in [1.82, 2.24) is 10.3 Å². The van der Waals surface area contributed by atoms with Crippen molar-refractivity contribution < 1.29 is 32.6 Å². The molecule has 0 saturated heterocycles. The number of alkyl halides is 3. The number of nitrogens with one attached hydrogen (secondary N) is 2. The first-order valence-corrected chi connectivity index (χ1v) is 10.4. The van der Waals surface area contributed by atoms with Gasteiger partial charge < -0.3 is 20.5 Å². The third kappa shape index (κ3) is 5.36. The summed E-state index contributed by atoms with van der Waals surface area (Å²) in [5.41, 5.74) is 0.293. The molecule has 1 aliphatic heterocycles. The van der Waals surface area contributed by atoms with Gasteiger partial charge in [-0.25, -0.2) is 9.78 Å². The molecule has 11 heteroatoms. The number of benzene rings is 1. The van der Waals surface area contributed by atoms with Crippen LogP contribution in [0.25, 0.3) is 0 Å². The van der Waals surface area contributed by atoms with Crippen molar-refractivity contribution in [2.24, 2.45) is 0 Å². The van der Waals surface area contributed by atoms with Gasteiger partial charge in [-0.3, -0.25) is 9.69 Å². The molecule has 33 heavy (non-hydrogen) atoms. The van der Waals surface area contributed by atoms with Gasteiger partial charge in [0.05, 0.1) is 17.3 Å². The highest BCUT2D eigenvalue weighted by molar-refractivity contribution is 6.08. The van der Waals surface area contributed by atoms with E-state index < -0.39 is 29.8 Å². The second kappa shape index (κ2) is 8.22. The summed E-state index contributed by atoms with van der Waals surface area (Å²) in [6, 6.07) is 4.97. The second-order valence-corrected chi connectivity index (χ2v) is 8.70. The van der Waals surface area contributed by atoms with Crippen LogP contribution in [0, 0.1) is 0 Å². The van der Waals surface area contributed by atoms with Crippen molar-refractivity contribution in [3.63, 3.8) is 0 Å². The minimum absolute atomic E-state index is 0.272.